The number of hydrogen-bond acceptors (Lipinski definition) is 4. The predicted molar refractivity (Wildman–Crippen MR) is 134 cm³/mol. The van der Waals surface area contributed by atoms with Gasteiger partial charge in [0, 0.05) is 26.2 Å². The molecule has 1 unspecified atom stereocenters. The van der Waals surface area contributed by atoms with Gasteiger partial charge >= 0.3 is 5.69 Å². The molecule has 0 spiro atoms. The molecule has 0 bridgehead atoms. The van der Waals surface area contributed by atoms with E-state index in [2.05, 4.69) is 11.4 Å². The van der Waals surface area contributed by atoms with Crippen molar-refractivity contribution in [2.75, 3.05) is 5.32 Å². The van der Waals surface area contributed by atoms with Crippen molar-refractivity contribution in [3.05, 3.63) is 93.9 Å². The third kappa shape index (κ3) is 3.64. The monoisotopic (exact) mass is 456 g/mol. The molecule has 1 N–H and O–H groups in total. The molecule has 2 aromatic heterocycles. The maximum absolute atomic E-state index is 13.7. The molecule has 6 nitrogen and oxygen atoms in total. The fourth-order valence-corrected chi connectivity index (χ4v) is 5.39. The van der Waals surface area contributed by atoms with E-state index in [-0.39, 0.29) is 11.6 Å². The minimum Gasteiger partial charge on any atom is -0.325 e. The molecule has 0 radical (unpaired) electrons. The minimum absolute atomic E-state index is 0.0987. The van der Waals surface area contributed by atoms with Crippen LogP contribution in [0.15, 0.2) is 77.6 Å². The highest BCUT2D eigenvalue weighted by atomic mass is 32.1. The van der Waals surface area contributed by atoms with E-state index in [0.717, 1.165) is 31.8 Å². The number of imidazole rings is 1. The molecule has 1 atom stereocenters. The van der Waals surface area contributed by atoms with E-state index in [1.165, 1.54) is 0 Å². The van der Waals surface area contributed by atoms with E-state index in [4.69, 9.17) is 4.98 Å². The summed E-state index contributed by atoms with van der Waals surface area (Å²) in [4.78, 5) is 30.8. The topological polar surface area (TPSA) is 68.9 Å². The van der Waals surface area contributed by atoms with Gasteiger partial charge in [0.1, 0.15) is 0 Å². The predicted octanol–water partition coefficient (Wildman–Crippen LogP) is 4.63. The summed E-state index contributed by atoms with van der Waals surface area (Å²) in [6.07, 6.45) is 0.480. The first-order chi connectivity index (χ1) is 15.9. The third-order valence-electron chi connectivity index (χ3n) is 6.28. The summed E-state index contributed by atoms with van der Waals surface area (Å²) in [5.41, 5.74) is 3.19. The highest BCUT2D eigenvalue weighted by Gasteiger charge is 2.36. The van der Waals surface area contributed by atoms with Gasteiger partial charge < -0.3 is 5.32 Å². The quantitative estimate of drug-likeness (QED) is 0.419. The Hall–Kier alpha value is -3.71. The molecule has 5 rings (SSSR count). The Morgan fingerprint density at radius 3 is 2.42 bits per heavy atom. The Kier molecular flexibility index (Phi) is 5.13. The van der Waals surface area contributed by atoms with Crippen LogP contribution in [0, 0.1) is 0 Å². The molecule has 5 aromatic rings. The van der Waals surface area contributed by atoms with Crippen molar-refractivity contribution in [3.8, 4) is 0 Å². The fraction of sp³-hybridized carbons (Fsp3) is 0.192. The maximum atomic E-state index is 13.7. The normalized spacial score (nSPS) is 13.3. The lowest BCUT2D eigenvalue weighted by Crippen LogP contribution is -2.39. The molecule has 0 saturated heterocycles. The van der Waals surface area contributed by atoms with E-state index in [0.29, 0.717) is 12.1 Å². The lowest BCUT2D eigenvalue weighted by atomic mass is 9.78. The van der Waals surface area contributed by atoms with E-state index < -0.39 is 5.41 Å². The van der Waals surface area contributed by atoms with Gasteiger partial charge in [0.25, 0.3) is 0 Å². The van der Waals surface area contributed by atoms with Crippen LogP contribution >= 0.6 is 11.3 Å². The van der Waals surface area contributed by atoms with Crippen molar-refractivity contribution in [3.63, 3.8) is 0 Å². The number of benzene rings is 3. The van der Waals surface area contributed by atoms with Gasteiger partial charge in [-0.1, -0.05) is 42.5 Å². The van der Waals surface area contributed by atoms with Gasteiger partial charge in [0.05, 0.1) is 31.7 Å². The van der Waals surface area contributed by atoms with Crippen LogP contribution in [0.4, 0.5) is 5.69 Å². The number of nitrogens with one attached hydrogen (secondary N) is 1. The first kappa shape index (κ1) is 21.2. The first-order valence-corrected chi connectivity index (χ1v) is 11.6. The molecular formula is C26H24N4O2S. The fourth-order valence-electron chi connectivity index (χ4n) is 4.27. The smallest absolute Gasteiger partial charge is 0.325 e. The zero-order chi connectivity index (χ0) is 23.2. The molecular weight excluding hydrogens is 432 g/mol. The van der Waals surface area contributed by atoms with Crippen LogP contribution in [0.25, 0.3) is 21.3 Å². The molecule has 1 amide bonds. The van der Waals surface area contributed by atoms with Crippen LogP contribution in [-0.4, -0.2) is 20.0 Å². The van der Waals surface area contributed by atoms with Crippen LogP contribution < -0.4 is 11.0 Å². The van der Waals surface area contributed by atoms with Gasteiger partial charge in [-0.25, -0.2) is 9.78 Å². The second-order valence-electron chi connectivity index (χ2n) is 8.51. The number of aromatic nitrogens is 3. The van der Waals surface area contributed by atoms with E-state index in [1.807, 2.05) is 73.7 Å². The average molecular weight is 457 g/mol. The van der Waals surface area contributed by atoms with Crippen LogP contribution in [0.2, 0.25) is 0 Å². The van der Waals surface area contributed by atoms with Crippen molar-refractivity contribution in [1.29, 1.82) is 0 Å². The lowest BCUT2D eigenvalue weighted by molar-refractivity contribution is -0.121. The van der Waals surface area contributed by atoms with Crippen molar-refractivity contribution in [2.24, 2.45) is 14.1 Å². The number of anilines is 1. The van der Waals surface area contributed by atoms with Crippen molar-refractivity contribution in [1.82, 2.24) is 14.1 Å². The molecule has 33 heavy (non-hydrogen) atoms. The van der Waals surface area contributed by atoms with Gasteiger partial charge in [-0.15, -0.1) is 11.3 Å². The number of carbonyl (C=O) groups excluding carboxylic acids is 1. The summed E-state index contributed by atoms with van der Waals surface area (Å²) >= 11 is 1.62. The van der Waals surface area contributed by atoms with E-state index in [1.54, 1.807) is 34.6 Å². The molecule has 3 aromatic carbocycles. The number of amides is 1. The van der Waals surface area contributed by atoms with Crippen LogP contribution in [-0.2, 0) is 30.7 Å². The number of thiazole rings is 1. The summed E-state index contributed by atoms with van der Waals surface area (Å²) < 4.78 is 4.30. The van der Waals surface area contributed by atoms with E-state index >= 15 is 0 Å². The molecule has 0 saturated carbocycles. The Balaban J connectivity index is 1.52. The first-order valence-electron chi connectivity index (χ1n) is 10.7. The number of aryl methyl sites for hydroxylation is 2. The molecule has 166 valence electrons. The van der Waals surface area contributed by atoms with Gasteiger partial charge in [-0.3, -0.25) is 13.9 Å². The number of fused-ring (bicyclic) bond motifs is 2. The molecule has 0 aliphatic heterocycles. The zero-order valence-corrected chi connectivity index (χ0v) is 19.5. The average Bonchev–Trinajstić information content (AvgIpc) is 3.33. The van der Waals surface area contributed by atoms with Crippen LogP contribution in [0.5, 0.6) is 0 Å². The maximum Gasteiger partial charge on any atom is 0.328 e. The summed E-state index contributed by atoms with van der Waals surface area (Å²) in [7, 11) is 3.48. The van der Waals surface area contributed by atoms with Crippen LogP contribution in [0.1, 0.15) is 17.5 Å². The summed E-state index contributed by atoms with van der Waals surface area (Å²) in [5, 5.41) is 4.01. The highest BCUT2D eigenvalue weighted by Crippen LogP contribution is 2.33. The SMILES string of the molecule is Cn1c(=O)n(C)c2cc(NC(=O)C(C)(Cc3nc4ccccc4s3)c3ccccc3)ccc21. The van der Waals surface area contributed by atoms with Gasteiger partial charge in [-0.05, 0) is 42.8 Å². The van der Waals surface area contributed by atoms with Crippen molar-refractivity contribution < 1.29 is 4.79 Å². The Morgan fingerprint density at radius 2 is 1.67 bits per heavy atom. The standard InChI is InChI=1S/C26H24N4O2S/c1-26(17-9-5-4-6-10-17,16-23-28-19-11-7-8-12-22(19)33-23)24(31)27-18-13-14-20-21(15-18)30(3)25(32)29(20)2/h4-15H,16H2,1-3H3,(H,27,31). The number of hydrogen-bond donors (Lipinski definition) is 1. The van der Waals surface area contributed by atoms with Gasteiger partial charge in [0.15, 0.2) is 0 Å². The minimum atomic E-state index is -0.827. The largest absolute Gasteiger partial charge is 0.328 e. The molecule has 2 heterocycles. The second kappa shape index (κ2) is 8.01. The number of rotatable bonds is 5. The Labute approximate surface area is 195 Å². The molecule has 0 aliphatic rings. The summed E-state index contributed by atoms with van der Waals surface area (Å²) in [6, 6.07) is 23.4. The zero-order valence-electron chi connectivity index (χ0n) is 18.7. The van der Waals surface area contributed by atoms with Gasteiger partial charge in [-0.2, -0.15) is 0 Å². The number of carbonyl (C=O) groups is 1. The molecule has 7 heteroatoms. The molecule has 0 fully saturated rings. The van der Waals surface area contributed by atoms with E-state index in [9.17, 15) is 9.59 Å². The Morgan fingerprint density at radius 1 is 0.970 bits per heavy atom. The van der Waals surface area contributed by atoms with Crippen molar-refractivity contribution in [2.45, 2.75) is 18.8 Å². The molecule has 0 aliphatic carbocycles. The highest BCUT2D eigenvalue weighted by molar-refractivity contribution is 7.18. The second-order valence-corrected chi connectivity index (χ2v) is 9.62. The number of para-hydroxylation sites is 1. The number of nitrogens with zero attached hydrogens (tertiary/aromatic N) is 3. The Bertz CT molecular complexity index is 1510. The van der Waals surface area contributed by atoms with Gasteiger partial charge in [0.2, 0.25) is 5.91 Å². The van der Waals surface area contributed by atoms with Crippen molar-refractivity contribution >= 4 is 44.2 Å². The summed E-state index contributed by atoms with van der Waals surface area (Å²) in [5.74, 6) is -0.117. The summed E-state index contributed by atoms with van der Waals surface area (Å²) in [6.45, 7) is 1.96. The third-order valence-corrected chi connectivity index (χ3v) is 7.32. The van der Waals surface area contributed by atoms with Crippen LogP contribution in [0.3, 0.4) is 0 Å². The lowest BCUT2D eigenvalue weighted by Gasteiger charge is -2.28.